The lowest BCUT2D eigenvalue weighted by Gasteiger charge is -2.11. The molecule has 0 amide bonds. The first kappa shape index (κ1) is 12.5. The molecule has 102 valence electrons. The highest BCUT2D eigenvalue weighted by Crippen LogP contribution is 2.29. The Hall–Kier alpha value is -2.56. The van der Waals surface area contributed by atoms with Crippen molar-refractivity contribution in [2.24, 2.45) is 7.05 Å². The highest BCUT2D eigenvalue weighted by atomic mass is 19.1. The second-order valence-electron chi connectivity index (χ2n) is 4.53. The van der Waals surface area contributed by atoms with E-state index in [1.54, 1.807) is 19.5 Å². The molecule has 1 aromatic heterocycles. The lowest BCUT2D eigenvalue weighted by atomic mass is 10.2. The summed E-state index contributed by atoms with van der Waals surface area (Å²) < 4.78 is 20.5. The van der Waals surface area contributed by atoms with E-state index in [1.807, 2.05) is 29.8 Å². The number of rotatable bonds is 3. The molecule has 0 unspecified atom stereocenters. The molecule has 0 spiro atoms. The molecule has 0 atom stereocenters. The Morgan fingerprint density at radius 2 is 2.05 bits per heavy atom. The van der Waals surface area contributed by atoms with Gasteiger partial charge in [-0.1, -0.05) is 0 Å². The maximum atomic E-state index is 13.3. The Balaban J connectivity index is 1.98. The lowest BCUT2D eigenvalue weighted by Crippen LogP contribution is -1.95. The van der Waals surface area contributed by atoms with Crippen molar-refractivity contribution in [3.63, 3.8) is 0 Å². The van der Waals surface area contributed by atoms with Crippen LogP contribution >= 0.6 is 0 Å². The fraction of sp³-hybridized carbons (Fsp3) is 0.133. The van der Waals surface area contributed by atoms with Crippen LogP contribution in [0.2, 0.25) is 0 Å². The Morgan fingerprint density at radius 3 is 2.85 bits per heavy atom. The van der Waals surface area contributed by atoms with Crippen molar-refractivity contribution in [2.45, 2.75) is 0 Å². The molecule has 0 bridgehead atoms. The predicted octanol–water partition coefficient (Wildman–Crippen LogP) is 3.46. The molecular weight excluding hydrogens is 257 g/mol. The molecule has 3 rings (SSSR count). The third-order valence-electron chi connectivity index (χ3n) is 3.17. The first-order chi connectivity index (χ1) is 9.67. The third-order valence-corrected chi connectivity index (χ3v) is 3.17. The molecule has 20 heavy (non-hydrogen) atoms. The number of hydrogen-bond acceptors (Lipinski definition) is 3. The van der Waals surface area contributed by atoms with Gasteiger partial charge in [-0.3, -0.25) is 0 Å². The quantitative estimate of drug-likeness (QED) is 0.792. The predicted molar refractivity (Wildman–Crippen MR) is 76.9 cm³/mol. The molecule has 0 aliphatic heterocycles. The summed E-state index contributed by atoms with van der Waals surface area (Å²) in [6.45, 7) is 0. The molecule has 3 aromatic rings. The summed E-state index contributed by atoms with van der Waals surface area (Å²) >= 11 is 0. The van der Waals surface area contributed by atoms with Gasteiger partial charge in [0.1, 0.15) is 11.6 Å². The van der Waals surface area contributed by atoms with Crippen LogP contribution in [0.15, 0.2) is 42.7 Å². The van der Waals surface area contributed by atoms with Crippen LogP contribution in [0.3, 0.4) is 0 Å². The van der Waals surface area contributed by atoms with Crippen LogP contribution in [0.25, 0.3) is 11.0 Å². The minimum Gasteiger partial charge on any atom is -0.495 e. The largest absolute Gasteiger partial charge is 0.495 e. The highest BCUT2D eigenvalue weighted by Gasteiger charge is 2.06. The number of nitrogens with zero attached hydrogens (tertiary/aromatic N) is 2. The number of anilines is 2. The van der Waals surface area contributed by atoms with Crippen LogP contribution in [0, 0.1) is 5.82 Å². The van der Waals surface area contributed by atoms with Crippen molar-refractivity contribution in [1.82, 2.24) is 9.55 Å². The van der Waals surface area contributed by atoms with Crippen LogP contribution in [0.4, 0.5) is 15.8 Å². The normalized spacial score (nSPS) is 10.8. The van der Waals surface area contributed by atoms with Gasteiger partial charge in [0.25, 0.3) is 0 Å². The smallest absolute Gasteiger partial charge is 0.142 e. The number of aromatic nitrogens is 2. The van der Waals surface area contributed by atoms with Crippen molar-refractivity contribution in [1.29, 1.82) is 0 Å². The Bertz CT molecular complexity index is 767. The van der Waals surface area contributed by atoms with E-state index in [-0.39, 0.29) is 5.82 Å². The van der Waals surface area contributed by atoms with Crippen LogP contribution in [-0.2, 0) is 7.05 Å². The summed E-state index contributed by atoms with van der Waals surface area (Å²) in [6.07, 6.45) is 1.76. The number of nitrogens with one attached hydrogen (secondary N) is 1. The second kappa shape index (κ2) is 4.85. The number of halogens is 1. The van der Waals surface area contributed by atoms with E-state index in [0.29, 0.717) is 11.4 Å². The van der Waals surface area contributed by atoms with E-state index in [1.165, 1.54) is 12.1 Å². The topological polar surface area (TPSA) is 39.1 Å². The number of hydrogen-bond donors (Lipinski definition) is 1. The average molecular weight is 271 g/mol. The molecule has 0 fully saturated rings. The van der Waals surface area contributed by atoms with Gasteiger partial charge in [0.2, 0.25) is 0 Å². The van der Waals surface area contributed by atoms with Crippen LogP contribution < -0.4 is 10.1 Å². The molecule has 5 heteroatoms. The van der Waals surface area contributed by atoms with Crippen molar-refractivity contribution in [2.75, 3.05) is 12.4 Å². The van der Waals surface area contributed by atoms with E-state index < -0.39 is 0 Å². The zero-order chi connectivity index (χ0) is 14.1. The van der Waals surface area contributed by atoms with E-state index >= 15 is 0 Å². The molecule has 0 saturated carbocycles. The lowest BCUT2D eigenvalue weighted by molar-refractivity contribution is 0.416. The summed E-state index contributed by atoms with van der Waals surface area (Å²) in [5, 5.41) is 3.15. The monoisotopic (exact) mass is 271 g/mol. The van der Waals surface area contributed by atoms with Gasteiger partial charge in [0.05, 0.1) is 30.2 Å². The number of imidazole rings is 1. The minimum absolute atomic E-state index is 0.313. The zero-order valence-electron chi connectivity index (χ0n) is 11.2. The van der Waals surface area contributed by atoms with E-state index in [9.17, 15) is 4.39 Å². The molecule has 0 saturated heterocycles. The van der Waals surface area contributed by atoms with Crippen molar-refractivity contribution >= 4 is 22.4 Å². The summed E-state index contributed by atoms with van der Waals surface area (Å²) in [7, 11) is 3.50. The van der Waals surface area contributed by atoms with E-state index in [4.69, 9.17) is 4.74 Å². The maximum Gasteiger partial charge on any atom is 0.142 e. The number of ether oxygens (including phenoxy) is 1. The van der Waals surface area contributed by atoms with E-state index in [2.05, 4.69) is 10.3 Å². The number of fused-ring (bicyclic) bond motifs is 1. The maximum absolute atomic E-state index is 13.3. The molecule has 0 aliphatic carbocycles. The van der Waals surface area contributed by atoms with Crippen molar-refractivity contribution < 1.29 is 9.13 Å². The zero-order valence-corrected chi connectivity index (χ0v) is 11.2. The fourth-order valence-electron chi connectivity index (χ4n) is 2.15. The van der Waals surface area contributed by atoms with Gasteiger partial charge in [-0.15, -0.1) is 0 Å². The standard InChI is InChI=1S/C15H14FN3O/c1-19-9-17-12-8-11(4-5-14(12)19)18-13-7-10(16)3-6-15(13)20-2/h3-9,18H,1-2H3. The minimum atomic E-state index is -0.313. The van der Waals surface area contributed by atoms with Gasteiger partial charge in [-0.25, -0.2) is 9.37 Å². The number of methoxy groups -OCH3 is 1. The summed E-state index contributed by atoms with van der Waals surface area (Å²) in [5.74, 6) is 0.278. The van der Waals surface area contributed by atoms with Gasteiger partial charge < -0.3 is 14.6 Å². The first-order valence-electron chi connectivity index (χ1n) is 6.19. The molecular formula is C15H14FN3O. The molecule has 2 aromatic carbocycles. The van der Waals surface area contributed by atoms with Gasteiger partial charge in [-0.2, -0.15) is 0 Å². The second-order valence-corrected chi connectivity index (χ2v) is 4.53. The SMILES string of the molecule is COc1ccc(F)cc1Nc1ccc2c(c1)ncn2C. The summed E-state index contributed by atoms with van der Waals surface area (Å²) in [4.78, 5) is 4.30. The Kier molecular flexibility index (Phi) is 3.02. The van der Waals surface area contributed by atoms with E-state index in [0.717, 1.165) is 16.7 Å². The van der Waals surface area contributed by atoms with Crippen molar-refractivity contribution in [3.05, 3.63) is 48.5 Å². The molecule has 0 radical (unpaired) electrons. The Morgan fingerprint density at radius 1 is 1.20 bits per heavy atom. The van der Waals surface area contributed by atoms with Gasteiger partial charge in [-0.05, 0) is 30.3 Å². The average Bonchev–Trinajstić information content (AvgIpc) is 2.80. The molecule has 1 heterocycles. The van der Waals surface area contributed by atoms with Gasteiger partial charge >= 0.3 is 0 Å². The van der Waals surface area contributed by atoms with Gasteiger partial charge in [0.15, 0.2) is 0 Å². The summed E-state index contributed by atoms with van der Waals surface area (Å²) in [6, 6.07) is 10.2. The van der Waals surface area contributed by atoms with Crippen molar-refractivity contribution in [3.8, 4) is 5.75 Å². The Labute approximate surface area is 115 Å². The summed E-state index contributed by atoms with van der Waals surface area (Å²) in [5.41, 5.74) is 3.34. The third kappa shape index (κ3) is 2.18. The number of aryl methyl sites for hydroxylation is 1. The van der Waals surface area contributed by atoms with Crippen LogP contribution in [0.1, 0.15) is 0 Å². The molecule has 0 aliphatic rings. The fourth-order valence-corrected chi connectivity index (χ4v) is 2.15. The van der Waals surface area contributed by atoms with Crippen LogP contribution in [0.5, 0.6) is 5.75 Å². The van der Waals surface area contributed by atoms with Gasteiger partial charge in [0, 0.05) is 18.8 Å². The van der Waals surface area contributed by atoms with Crippen LogP contribution in [-0.4, -0.2) is 16.7 Å². The first-order valence-corrected chi connectivity index (χ1v) is 6.19. The molecule has 1 N–H and O–H groups in total. The number of benzene rings is 2. The molecule has 4 nitrogen and oxygen atoms in total. The highest BCUT2D eigenvalue weighted by molar-refractivity contribution is 5.81.